The minimum atomic E-state index is -0.112. The zero-order valence-electron chi connectivity index (χ0n) is 9.70. The van der Waals surface area contributed by atoms with Gasteiger partial charge in [0.2, 0.25) is 0 Å². The second-order valence-electron chi connectivity index (χ2n) is 3.55. The normalized spacial score (nSPS) is 9.38. The molecule has 2 nitrogen and oxygen atoms in total. The summed E-state index contributed by atoms with van der Waals surface area (Å²) in [5.74, 6) is 6.07. The Morgan fingerprint density at radius 2 is 1.94 bits per heavy atom. The van der Waals surface area contributed by atoms with Crippen molar-refractivity contribution in [1.29, 1.82) is 0 Å². The molecular formula is C14H18O2. The minimum Gasteiger partial charge on any atom is -0.481 e. The van der Waals surface area contributed by atoms with E-state index in [9.17, 15) is 0 Å². The Morgan fingerprint density at radius 1 is 1.19 bits per heavy atom. The van der Waals surface area contributed by atoms with Gasteiger partial charge in [0.1, 0.15) is 19.0 Å². The Bertz CT molecular complexity index is 343. The molecule has 0 aliphatic rings. The minimum absolute atomic E-state index is 0.112. The third-order valence-corrected chi connectivity index (χ3v) is 2.26. The fourth-order valence-electron chi connectivity index (χ4n) is 1.36. The Balaban J connectivity index is 2.38. The topological polar surface area (TPSA) is 29.5 Å². The molecule has 1 aromatic rings. The molecular weight excluding hydrogens is 200 g/mol. The van der Waals surface area contributed by atoms with Crippen molar-refractivity contribution in [1.82, 2.24) is 0 Å². The lowest BCUT2D eigenvalue weighted by molar-refractivity contribution is 0.347. The molecule has 0 fully saturated rings. The highest BCUT2D eigenvalue weighted by Gasteiger charge is 1.94. The number of hydrogen-bond donors (Lipinski definition) is 1. The molecule has 0 aliphatic carbocycles. The van der Waals surface area contributed by atoms with Gasteiger partial charge in [-0.2, -0.15) is 0 Å². The average Bonchev–Trinajstić information content (AvgIpc) is 2.33. The van der Waals surface area contributed by atoms with Crippen LogP contribution in [-0.4, -0.2) is 18.3 Å². The third kappa shape index (κ3) is 4.86. The van der Waals surface area contributed by atoms with Gasteiger partial charge in [0, 0.05) is 0 Å². The fraction of sp³-hybridized carbons (Fsp3) is 0.429. The van der Waals surface area contributed by atoms with E-state index in [1.807, 2.05) is 12.1 Å². The van der Waals surface area contributed by atoms with E-state index in [-0.39, 0.29) is 6.61 Å². The van der Waals surface area contributed by atoms with Gasteiger partial charge in [0.05, 0.1) is 0 Å². The number of ether oxygens (including phenoxy) is 1. The molecule has 86 valence electrons. The number of unbranched alkanes of at least 4 members (excludes halogenated alkanes) is 1. The van der Waals surface area contributed by atoms with Crippen LogP contribution in [0.15, 0.2) is 24.3 Å². The lowest BCUT2D eigenvalue weighted by Crippen LogP contribution is -1.94. The van der Waals surface area contributed by atoms with E-state index in [1.165, 1.54) is 18.4 Å². The summed E-state index contributed by atoms with van der Waals surface area (Å²) in [6, 6.07) is 8.10. The SMILES string of the molecule is CCCCc1ccc(OCC#CCO)cc1. The third-order valence-electron chi connectivity index (χ3n) is 2.26. The molecule has 0 bridgehead atoms. The number of rotatable bonds is 5. The van der Waals surface area contributed by atoms with Crippen molar-refractivity contribution in [2.75, 3.05) is 13.2 Å². The van der Waals surface area contributed by atoms with Crippen LogP contribution in [0.3, 0.4) is 0 Å². The van der Waals surface area contributed by atoms with Gasteiger partial charge >= 0.3 is 0 Å². The van der Waals surface area contributed by atoms with Crippen LogP contribution in [0.5, 0.6) is 5.75 Å². The highest BCUT2D eigenvalue weighted by atomic mass is 16.5. The molecule has 0 heterocycles. The monoisotopic (exact) mass is 218 g/mol. The summed E-state index contributed by atoms with van der Waals surface area (Å²) < 4.78 is 5.38. The average molecular weight is 218 g/mol. The molecule has 0 unspecified atom stereocenters. The lowest BCUT2D eigenvalue weighted by atomic mass is 10.1. The standard InChI is InChI=1S/C14H18O2/c1-2-3-6-13-7-9-14(10-8-13)16-12-5-4-11-15/h7-10,15H,2-3,6,11-12H2,1H3. The van der Waals surface area contributed by atoms with Crippen LogP contribution in [0.4, 0.5) is 0 Å². The van der Waals surface area contributed by atoms with Gasteiger partial charge in [-0.3, -0.25) is 0 Å². The molecule has 0 radical (unpaired) electrons. The van der Waals surface area contributed by atoms with Crippen molar-refractivity contribution in [2.45, 2.75) is 26.2 Å². The lowest BCUT2D eigenvalue weighted by Gasteiger charge is -2.03. The van der Waals surface area contributed by atoms with E-state index in [0.717, 1.165) is 12.2 Å². The van der Waals surface area contributed by atoms with Gasteiger partial charge in [0.25, 0.3) is 0 Å². The van der Waals surface area contributed by atoms with Crippen LogP contribution in [0.2, 0.25) is 0 Å². The Kier molecular flexibility index (Phi) is 6.13. The summed E-state index contributed by atoms with van der Waals surface area (Å²) in [7, 11) is 0. The first-order valence-electron chi connectivity index (χ1n) is 5.65. The van der Waals surface area contributed by atoms with Gasteiger partial charge in [0.15, 0.2) is 0 Å². The van der Waals surface area contributed by atoms with E-state index in [2.05, 4.69) is 30.9 Å². The van der Waals surface area contributed by atoms with Crippen molar-refractivity contribution in [2.24, 2.45) is 0 Å². The van der Waals surface area contributed by atoms with E-state index in [0.29, 0.717) is 6.61 Å². The van der Waals surface area contributed by atoms with Gasteiger partial charge in [-0.25, -0.2) is 0 Å². The number of benzene rings is 1. The summed E-state index contributed by atoms with van der Waals surface area (Å²) in [5, 5.41) is 8.45. The molecule has 1 rings (SSSR count). The highest BCUT2D eigenvalue weighted by Crippen LogP contribution is 2.13. The van der Waals surface area contributed by atoms with Crippen LogP contribution in [-0.2, 0) is 6.42 Å². The molecule has 0 aromatic heterocycles. The van der Waals surface area contributed by atoms with Crippen LogP contribution < -0.4 is 4.74 Å². The van der Waals surface area contributed by atoms with E-state index in [1.54, 1.807) is 0 Å². The number of aryl methyl sites for hydroxylation is 1. The summed E-state index contributed by atoms with van der Waals surface area (Å²) in [6.45, 7) is 2.41. The van der Waals surface area contributed by atoms with Crippen molar-refractivity contribution in [3.8, 4) is 17.6 Å². The summed E-state index contributed by atoms with van der Waals surface area (Å²) in [4.78, 5) is 0. The molecule has 0 amide bonds. The fourth-order valence-corrected chi connectivity index (χ4v) is 1.36. The summed E-state index contributed by atoms with van der Waals surface area (Å²) >= 11 is 0. The molecule has 0 atom stereocenters. The number of hydrogen-bond acceptors (Lipinski definition) is 2. The maximum absolute atomic E-state index is 8.45. The first-order valence-corrected chi connectivity index (χ1v) is 5.65. The van der Waals surface area contributed by atoms with Crippen LogP contribution in [0.1, 0.15) is 25.3 Å². The van der Waals surface area contributed by atoms with Crippen LogP contribution in [0, 0.1) is 11.8 Å². The molecule has 0 saturated carbocycles. The van der Waals surface area contributed by atoms with E-state index in [4.69, 9.17) is 9.84 Å². The van der Waals surface area contributed by atoms with Crippen LogP contribution in [0.25, 0.3) is 0 Å². The molecule has 1 N–H and O–H groups in total. The predicted octanol–water partition coefficient (Wildman–Crippen LogP) is 2.40. The van der Waals surface area contributed by atoms with Crippen molar-refractivity contribution in [3.63, 3.8) is 0 Å². The van der Waals surface area contributed by atoms with Crippen LogP contribution >= 0.6 is 0 Å². The van der Waals surface area contributed by atoms with Crippen molar-refractivity contribution < 1.29 is 9.84 Å². The zero-order chi connectivity index (χ0) is 11.6. The van der Waals surface area contributed by atoms with Crippen molar-refractivity contribution >= 4 is 0 Å². The molecule has 1 aromatic carbocycles. The number of aliphatic hydroxyl groups excluding tert-OH is 1. The maximum Gasteiger partial charge on any atom is 0.149 e. The molecule has 0 spiro atoms. The molecule has 0 saturated heterocycles. The summed E-state index contributed by atoms with van der Waals surface area (Å²) in [5.41, 5.74) is 1.34. The second-order valence-corrected chi connectivity index (χ2v) is 3.55. The van der Waals surface area contributed by atoms with Gasteiger partial charge in [-0.05, 0) is 30.5 Å². The summed E-state index contributed by atoms with van der Waals surface area (Å²) in [6.07, 6.45) is 3.57. The van der Waals surface area contributed by atoms with E-state index >= 15 is 0 Å². The molecule has 16 heavy (non-hydrogen) atoms. The van der Waals surface area contributed by atoms with Gasteiger partial charge in [-0.15, -0.1) is 0 Å². The largest absolute Gasteiger partial charge is 0.481 e. The zero-order valence-corrected chi connectivity index (χ0v) is 9.70. The number of aliphatic hydroxyl groups is 1. The molecule has 2 heteroatoms. The molecule has 0 aliphatic heterocycles. The first kappa shape index (κ1) is 12.6. The maximum atomic E-state index is 8.45. The van der Waals surface area contributed by atoms with Crippen molar-refractivity contribution in [3.05, 3.63) is 29.8 Å². The highest BCUT2D eigenvalue weighted by molar-refractivity contribution is 5.27. The van der Waals surface area contributed by atoms with Gasteiger partial charge < -0.3 is 9.84 Å². The predicted molar refractivity (Wildman–Crippen MR) is 65.4 cm³/mol. The quantitative estimate of drug-likeness (QED) is 0.769. The Morgan fingerprint density at radius 3 is 2.56 bits per heavy atom. The Hall–Kier alpha value is -1.46. The second kappa shape index (κ2) is 7.78. The first-order chi connectivity index (χ1) is 7.86. The van der Waals surface area contributed by atoms with E-state index < -0.39 is 0 Å². The van der Waals surface area contributed by atoms with Gasteiger partial charge in [-0.1, -0.05) is 37.3 Å². The Labute approximate surface area is 97.3 Å². The smallest absolute Gasteiger partial charge is 0.149 e.